The van der Waals surface area contributed by atoms with Gasteiger partial charge in [0.25, 0.3) is 0 Å². The first kappa shape index (κ1) is 28.3. The third kappa shape index (κ3) is 10.6. The van der Waals surface area contributed by atoms with Crippen LogP contribution < -0.4 is 14.7 Å². The van der Waals surface area contributed by atoms with Crippen molar-refractivity contribution in [1.29, 1.82) is 0 Å². The Bertz CT molecular complexity index is 742. The number of hydrogen-bond acceptors (Lipinski definition) is 12. The second-order valence-electron chi connectivity index (χ2n) is 6.80. The van der Waals surface area contributed by atoms with E-state index in [-0.39, 0.29) is 37.9 Å². The summed E-state index contributed by atoms with van der Waals surface area (Å²) < 4.78 is 11.1. The summed E-state index contributed by atoms with van der Waals surface area (Å²) in [4.78, 5) is 27.4. The number of aliphatic hydroxyl groups excluding tert-OH is 3. The highest BCUT2D eigenvalue weighted by Gasteiger charge is 2.20. The number of aromatic nitrogens is 3. The normalized spacial score (nSPS) is 10.2. The summed E-state index contributed by atoms with van der Waals surface area (Å²) in [6.07, 6.45) is 4.68. The van der Waals surface area contributed by atoms with E-state index in [2.05, 4.69) is 26.8 Å². The summed E-state index contributed by atoms with van der Waals surface area (Å²) >= 11 is 0. The molecule has 1 aromatic rings. The minimum Gasteiger partial charge on any atom is -0.376 e. The molecule has 0 fully saturated rings. The van der Waals surface area contributed by atoms with Crippen molar-refractivity contribution >= 4 is 23.8 Å². The molecule has 0 unspecified atom stereocenters. The number of ether oxygens (including phenoxy) is 2. The van der Waals surface area contributed by atoms with Crippen molar-refractivity contribution in [3.63, 3.8) is 0 Å². The van der Waals surface area contributed by atoms with E-state index in [1.807, 2.05) is 13.8 Å². The predicted octanol–water partition coefficient (Wildman–Crippen LogP) is 0.0798. The van der Waals surface area contributed by atoms with E-state index in [4.69, 9.17) is 9.47 Å². The zero-order chi connectivity index (χ0) is 24.3. The molecule has 0 aromatic carbocycles. The highest BCUT2D eigenvalue weighted by molar-refractivity contribution is 5.52. The Labute approximate surface area is 194 Å². The SMILES string of the molecule is CCCCOCN(CO)c1nc(N(CO)CC#CC=C=O)nc(N(CO)COCCCC)n1. The number of rotatable bonds is 17. The second kappa shape index (κ2) is 17.7. The Morgan fingerprint density at radius 2 is 1.27 bits per heavy atom. The van der Waals surface area contributed by atoms with Crippen LogP contribution in [0.15, 0.2) is 6.08 Å². The topological polar surface area (TPSA) is 145 Å². The van der Waals surface area contributed by atoms with Crippen LogP contribution in [0.5, 0.6) is 0 Å². The average Bonchev–Trinajstić information content (AvgIpc) is 2.84. The van der Waals surface area contributed by atoms with Gasteiger partial charge in [0.15, 0.2) is 0 Å². The molecule has 1 aromatic heterocycles. The number of carbonyl (C=O) groups excluding carboxylic acids is 1. The van der Waals surface area contributed by atoms with Crippen molar-refractivity contribution in [2.45, 2.75) is 39.5 Å². The van der Waals surface area contributed by atoms with Gasteiger partial charge in [-0.25, -0.2) is 4.79 Å². The first-order valence-corrected chi connectivity index (χ1v) is 10.8. The smallest absolute Gasteiger partial charge is 0.235 e. The van der Waals surface area contributed by atoms with Crippen LogP contribution in [0, 0.1) is 11.8 Å². The lowest BCUT2D eigenvalue weighted by atomic mass is 10.4. The maximum absolute atomic E-state index is 10.3. The standard InChI is InChI=1S/C21H34N6O6/c1-3-5-12-32-17-26(15-30)20-22-19(25(14-29)10-8-7-9-11-28)23-21(24-20)27(16-31)18-33-13-6-4-2/h9,29-31H,3-6,10,12-18H2,1-2H3. The molecular weight excluding hydrogens is 432 g/mol. The van der Waals surface area contributed by atoms with Gasteiger partial charge in [0.1, 0.15) is 39.6 Å². The Morgan fingerprint density at radius 1 is 0.818 bits per heavy atom. The largest absolute Gasteiger partial charge is 0.376 e. The fourth-order valence-electron chi connectivity index (χ4n) is 2.34. The van der Waals surface area contributed by atoms with Gasteiger partial charge in [-0.1, -0.05) is 38.5 Å². The van der Waals surface area contributed by atoms with E-state index < -0.39 is 20.2 Å². The van der Waals surface area contributed by atoms with Crippen LogP contribution in [0.25, 0.3) is 0 Å². The number of aliphatic hydroxyl groups is 3. The minimum atomic E-state index is -0.472. The first-order valence-electron chi connectivity index (χ1n) is 10.8. The monoisotopic (exact) mass is 466 g/mol. The van der Waals surface area contributed by atoms with Crippen molar-refractivity contribution in [3.05, 3.63) is 6.08 Å². The van der Waals surface area contributed by atoms with Crippen LogP contribution in [0.4, 0.5) is 17.8 Å². The zero-order valence-corrected chi connectivity index (χ0v) is 19.3. The molecule has 12 heteroatoms. The lowest BCUT2D eigenvalue weighted by molar-refractivity contribution is 0.112. The van der Waals surface area contributed by atoms with E-state index >= 15 is 0 Å². The quantitative estimate of drug-likeness (QED) is 0.124. The van der Waals surface area contributed by atoms with Gasteiger partial charge in [-0.15, -0.1) is 0 Å². The lowest BCUT2D eigenvalue weighted by Gasteiger charge is -2.26. The van der Waals surface area contributed by atoms with Gasteiger partial charge in [0, 0.05) is 13.2 Å². The summed E-state index contributed by atoms with van der Waals surface area (Å²) in [6.45, 7) is 3.86. The average molecular weight is 467 g/mol. The van der Waals surface area contributed by atoms with Gasteiger partial charge in [0.2, 0.25) is 17.8 Å². The highest BCUT2D eigenvalue weighted by atomic mass is 16.5. The number of allylic oxidation sites excluding steroid dienone is 1. The molecule has 0 bridgehead atoms. The van der Waals surface area contributed by atoms with Crippen molar-refractivity contribution in [2.24, 2.45) is 0 Å². The fourth-order valence-corrected chi connectivity index (χ4v) is 2.34. The van der Waals surface area contributed by atoms with E-state index in [1.54, 1.807) is 5.94 Å². The van der Waals surface area contributed by atoms with Crippen LogP contribution >= 0.6 is 0 Å². The summed E-state index contributed by atoms with van der Waals surface area (Å²) in [6, 6.07) is 0. The molecule has 0 aliphatic carbocycles. The zero-order valence-electron chi connectivity index (χ0n) is 19.3. The molecule has 0 spiro atoms. The molecule has 184 valence electrons. The van der Waals surface area contributed by atoms with Crippen molar-refractivity contribution in [1.82, 2.24) is 15.0 Å². The number of hydrogen-bond donors (Lipinski definition) is 3. The molecule has 0 amide bonds. The van der Waals surface area contributed by atoms with Gasteiger partial charge in [-0.3, -0.25) is 9.80 Å². The third-order valence-corrected chi connectivity index (χ3v) is 4.24. The molecule has 0 atom stereocenters. The van der Waals surface area contributed by atoms with Crippen LogP contribution in [-0.2, 0) is 14.3 Å². The summed E-state index contributed by atoms with van der Waals surface area (Å²) in [5.41, 5.74) is 0. The van der Waals surface area contributed by atoms with Gasteiger partial charge >= 0.3 is 0 Å². The molecule has 0 radical (unpaired) electrons. The summed E-state index contributed by atoms with van der Waals surface area (Å²) in [5.74, 6) is 6.94. The van der Waals surface area contributed by atoms with E-state index in [9.17, 15) is 20.1 Å². The molecule has 33 heavy (non-hydrogen) atoms. The van der Waals surface area contributed by atoms with Gasteiger partial charge in [0.05, 0.1) is 12.6 Å². The van der Waals surface area contributed by atoms with E-state index in [0.29, 0.717) is 13.2 Å². The lowest BCUT2D eigenvalue weighted by Crippen LogP contribution is -2.35. The number of anilines is 3. The molecule has 0 aliphatic heterocycles. The minimum absolute atomic E-state index is 0.00975. The molecular formula is C21H34N6O6. The Balaban J connectivity index is 3.24. The van der Waals surface area contributed by atoms with Gasteiger partial charge in [-0.2, -0.15) is 15.0 Å². The molecule has 3 N–H and O–H groups in total. The van der Waals surface area contributed by atoms with Crippen molar-refractivity contribution in [2.75, 3.05) is 68.1 Å². The van der Waals surface area contributed by atoms with E-state index in [0.717, 1.165) is 31.8 Å². The molecule has 1 heterocycles. The Hall–Kier alpha value is -2.78. The molecule has 0 saturated heterocycles. The summed E-state index contributed by atoms with van der Waals surface area (Å²) in [5, 5.41) is 29.5. The first-order chi connectivity index (χ1) is 16.1. The second-order valence-corrected chi connectivity index (χ2v) is 6.80. The molecule has 12 nitrogen and oxygen atoms in total. The van der Waals surface area contributed by atoms with Crippen LogP contribution in [0.2, 0.25) is 0 Å². The van der Waals surface area contributed by atoms with Crippen LogP contribution in [0.1, 0.15) is 39.5 Å². The molecule has 1 rings (SSSR count). The summed E-state index contributed by atoms with van der Waals surface area (Å²) in [7, 11) is 0. The maximum atomic E-state index is 10.3. The van der Waals surface area contributed by atoms with Gasteiger partial charge in [-0.05, 0) is 12.8 Å². The maximum Gasteiger partial charge on any atom is 0.235 e. The molecule has 0 saturated carbocycles. The highest BCUT2D eigenvalue weighted by Crippen LogP contribution is 2.19. The number of nitrogens with zero attached hydrogens (tertiary/aromatic N) is 6. The van der Waals surface area contributed by atoms with Gasteiger partial charge < -0.3 is 29.7 Å². The number of unbranched alkanes of at least 4 members (excludes halogenated alkanes) is 2. The van der Waals surface area contributed by atoms with Crippen molar-refractivity contribution in [3.8, 4) is 11.8 Å². The Kier molecular flexibility index (Phi) is 15.2. The predicted molar refractivity (Wildman–Crippen MR) is 123 cm³/mol. The van der Waals surface area contributed by atoms with E-state index in [1.165, 1.54) is 14.7 Å². The molecule has 0 aliphatic rings. The Morgan fingerprint density at radius 3 is 1.67 bits per heavy atom. The third-order valence-electron chi connectivity index (χ3n) is 4.24. The van der Waals surface area contributed by atoms with Crippen molar-refractivity contribution < 1.29 is 29.6 Å². The fraction of sp³-hybridized carbons (Fsp3) is 0.667. The van der Waals surface area contributed by atoms with Crippen LogP contribution in [-0.4, -0.2) is 89.6 Å². The van der Waals surface area contributed by atoms with Crippen LogP contribution in [0.3, 0.4) is 0 Å².